The van der Waals surface area contributed by atoms with Gasteiger partial charge in [0, 0.05) is 11.1 Å². The van der Waals surface area contributed by atoms with Gasteiger partial charge in [-0.1, -0.05) is 84.9 Å². The molecule has 0 unspecified atom stereocenters. The number of hydrogen-bond acceptors (Lipinski definition) is 4. The van der Waals surface area contributed by atoms with Gasteiger partial charge < -0.3 is 9.47 Å². The van der Waals surface area contributed by atoms with Crippen molar-refractivity contribution in [2.24, 2.45) is 9.98 Å². The average Bonchev–Trinajstić information content (AvgIpc) is 3.60. The molecule has 0 aliphatic carbocycles. The third kappa shape index (κ3) is 4.44. The zero-order valence-electron chi connectivity index (χ0n) is 25.5. The van der Waals surface area contributed by atoms with E-state index in [1.807, 2.05) is 0 Å². The molecule has 0 saturated carbocycles. The van der Waals surface area contributed by atoms with Gasteiger partial charge in [-0.2, -0.15) is 0 Å². The van der Waals surface area contributed by atoms with Crippen molar-refractivity contribution < 1.29 is 9.47 Å². The molecule has 0 radical (unpaired) electrons. The predicted octanol–water partition coefficient (Wildman–Crippen LogP) is 9.59. The second-order valence-corrected chi connectivity index (χ2v) is 13.2. The molecule has 0 N–H and O–H groups in total. The Morgan fingerprint density at radius 2 is 0.909 bits per heavy atom. The Balaban J connectivity index is 1.36. The Labute approximate surface area is 257 Å². The van der Waals surface area contributed by atoms with E-state index < -0.39 is 0 Å². The lowest BCUT2D eigenvalue weighted by Crippen LogP contribution is -2.17. The van der Waals surface area contributed by atoms with E-state index in [9.17, 15) is 0 Å². The monoisotopic (exact) mass is 574 g/mol. The Bertz CT molecular complexity index is 2150. The number of benzene rings is 6. The van der Waals surface area contributed by atoms with Gasteiger partial charge >= 0.3 is 0 Å². The van der Waals surface area contributed by atoms with Gasteiger partial charge in [-0.05, 0) is 107 Å². The molecular formula is C40H34N2O2. The van der Waals surface area contributed by atoms with Crippen LogP contribution in [-0.2, 0) is 9.47 Å². The quantitative estimate of drug-likeness (QED) is 0.155. The van der Waals surface area contributed by atoms with Crippen LogP contribution >= 0.6 is 0 Å². The molecule has 6 aromatic carbocycles. The molecule has 2 aliphatic rings. The highest BCUT2D eigenvalue weighted by Gasteiger charge is 2.28. The van der Waals surface area contributed by atoms with Gasteiger partial charge in [0.25, 0.3) is 0 Å². The standard InChI is InChI=1S/C40H34N2O2/c1-39(2)23-43-37(41-39)28-17-13-26(14-18-28)34-31-11-7-8-12-32(31)35(36-30-10-6-5-9-25(30)21-22-33(34)36)27-15-19-29(20-16-27)38-42-40(3,4)24-44-38/h5-22H,23-24H2,1-4H3. The van der Waals surface area contributed by atoms with E-state index in [0.717, 1.165) is 22.9 Å². The summed E-state index contributed by atoms with van der Waals surface area (Å²) in [7, 11) is 0. The van der Waals surface area contributed by atoms with Crippen molar-refractivity contribution in [3.63, 3.8) is 0 Å². The maximum Gasteiger partial charge on any atom is 0.216 e. The molecule has 0 bridgehead atoms. The maximum atomic E-state index is 5.95. The average molecular weight is 575 g/mol. The number of rotatable bonds is 4. The van der Waals surface area contributed by atoms with Crippen LogP contribution in [0.15, 0.2) is 119 Å². The number of hydrogen-bond donors (Lipinski definition) is 0. The van der Waals surface area contributed by atoms with Crippen LogP contribution in [0.1, 0.15) is 38.8 Å². The minimum Gasteiger partial charge on any atom is -0.475 e. The van der Waals surface area contributed by atoms with E-state index >= 15 is 0 Å². The molecule has 216 valence electrons. The fourth-order valence-electron chi connectivity index (χ4n) is 6.58. The lowest BCUT2D eigenvalue weighted by molar-refractivity contribution is 0.279. The Kier molecular flexibility index (Phi) is 5.93. The van der Waals surface area contributed by atoms with Crippen LogP contribution < -0.4 is 0 Å². The lowest BCUT2D eigenvalue weighted by Gasteiger charge is -2.19. The summed E-state index contributed by atoms with van der Waals surface area (Å²) in [5, 5.41) is 7.41. The highest BCUT2D eigenvalue weighted by atomic mass is 16.5. The second kappa shape index (κ2) is 9.78. The summed E-state index contributed by atoms with van der Waals surface area (Å²) in [5.74, 6) is 1.44. The third-order valence-corrected chi connectivity index (χ3v) is 8.69. The SMILES string of the molecule is CC1(C)COC(c2ccc(-c3c4ccccc4c(-c4ccc(C5=NC(C)(C)CO5)cc4)c4c3ccc3ccccc34)cc2)=N1. The van der Waals surface area contributed by atoms with Crippen LogP contribution in [-0.4, -0.2) is 36.1 Å². The number of aliphatic imine (C=N–C) groups is 2. The minimum atomic E-state index is -0.193. The number of fused-ring (bicyclic) bond motifs is 4. The van der Waals surface area contributed by atoms with Crippen molar-refractivity contribution in [2.45, 2.75) is 38.8 Å². The van der Waals surface area contributed by atoms with Gasteiger partial charge in [0.2, 0.25) is 11.8 Å². The fourth-order valence-corrected chi connectivity index (χ4v) is 6.58. The highest BCUT2D eigenvalue weighted by Crippen LogP contribution is 2.46. The van der Waals surface area contributed by atoms with Gasteiger partial charge in [0.1, 0.15) is 13.2 Å². The van der Waals surface area contributed by atoms with Crippen molar-refractivity contribution in [3.05, 3.63) is 120 Å². The molecule has 0 spiro atoms. The molecule has 4 nitrogen and oxygen atoms in total. The normalized spacial score (nSPS) is 17.0. The molecule has 6 aromatic rings. The Morgan fingerprint density at radius 3 is 1.43 bits per heavy atom. The van der Waals surface area contributed by atoms with E-state index in [1.165, 1.54) is 54.6 Å². The second-order valence-electron chi connectivity index (χ2n) is 13.2. The van der Waals surface area contributed by atoms with Crippen LogP contribution in [0, 0.1) is 0 Å². The first-order valence-electron chi connectivity index (χ1n) is 15.3. The first kappa shape index (κ1) is 26.7. The number of nitrogens with zero attached hydrogens (tertiary/aromatic N) is 2. The first-order chi connectivity index (χ1) is 21.3. The molecule has 2 aliphatic heterocycles. The van der Waals surface area contributed by atoms with Crippen molar-refractivity contribution in [2.75, 3.05) is 13.2 Å². The van der Waals surface area contributed by atoms with Crippen LogP contribution in [0.3, 0.4) is 0 Å². The highest BCUT2D eigenvalue weighted by molar-refractivity contribution is 6.28. The maximum absolute atomic E-state index is 5.95. The van der Waals surface area contributed by atoms with Crippen molar-refractivity contribution in [3.8, 4) is 22.3 Å². The first-order valence-corrected chi connectivity index (χ1v) is 15.3. The molecule has 44 heavy (non-hydrogen) atoms. The van der Waals surface area contributed by atoms with Gasteiger partial charge in [-0.25, -0.2) is 9.98 Å². The van der Waals surface area contributed by atoms with Crippen LogP contribution in [0.5, 0.6) is 0 Å². The predicted molar refractivity (Wildman–Crippen MR) is 183 cm³/mol. The lowest BCUT2D eigenvalue weighted by atomic mass is 9.84. The summed E-state index contributed by atoms with van der Waals surface area (Å²) in [4.78, 5) is 9.59. The number of ether oxygens (including phenoxy) is 2. The van der Waals surface area contributed by atoms with E-state index in [4.69, 9.17) is 19.5 Å². The Morgan fingerprint density at radius 1 is 0.455 bits per heavy atom. The Hall–Kier alpha value is -4.96. The van der Waals surface area contributed by atoms with Gasteiger partial charge in [-0.3, -0.25) is 0 Å². The zero-order valence-corrected chi connectivity index (χ0v) is 25.5. The third-order valence-electron chi connectivity index (χ3n) is 8.69. The molecule has 2 heterocycles. The molecule has 8 rings (SSSR count). The smallest absolute Gasteiger partial charge is 0.216 e. The molecule has 0 aromatic heterocycles. The van der Waals surface area contributed by atoms with Crippen LogP contribution in [0.2, 0.25) is 0 Å². The zero-order chi connectivity index (χ0) is 30.1. The van der Waals surface area contributed by atoms with Gasteiger partial charge in [-0.15, -0.1) is 0 Å². The van der Waals surface area contributed by atoms with E-state index in [1.54, 1.807) is 0 Å². The summed E-state index contributed by atoms with van der Waals surface area (Å²) >= 11 is 0. The van der Waals surface area contributed by atoms with E-state index in [0.29, 0.717) is 13.2 Å². The fraction of sp³-hybridized carbons (Fsp3) is 0.200. The van der Waals surface area contributed by atoms with Gasteiger partial charge in [0.05, 0.1) is 11.1 Å². The van der Waals surface area contributed by atoms with Crippen LogP contribution in [0.25, 0.3) is 54.6 Å². The summed E-state index contributed by atoms with van der Waals surface area (Å²) in [6, 6.07) is 39.4. The molecule has 0 saturated heterocycles. The van der Waals surface area contributed by atoms with Gasteiger partial charge in [0.15, 0.2) is 0 Å². The van der Waals surface area contributed by atoms with E-state index in [-0.39, 0.29) is 11.1 Å². The molecule has 0 atom stereocenters. The summed E-state index contributed by atoms with van der Waals surface area (Å²) in [6.45, 7) is 9.61. The molecule has 0 fully saturated rings. The topological polar surface area (TPSA) is 43.2 Å². The van der Waals surface area contributed by atoms with Crippen LogP contribution in [0.4, 0.5) is 0 Å². The largest absolute Gasteiger partial charge is 0.475 e. The van der Waals surface area contributed by atoms with Crippen molar-refractivity contribution in [1.82, 2.24) is 0 Å². The van der Waals surface area contributed by atoms with Crippen molar-refractivity contribution in [1.29, 1.82) is 0 Å². The minimum absolute atomic E-state index is 0.191. The summed E-state index contributed by atoms with van der Waals surface area (Å²) in [5.41, 5.74) is 6.45. The van der Waals surface area contributed by atoms with E-state index in [2.05, 4.69) is 137 Å². The van der Waals surface area contributed by atoms with Crippen molar-refractivity contribution >= 4 is 44.1 Å². The molecule has 0 amide bonds. The molecular weight excluding hydrogens is 540 g/mol. The summed E-state index contributed by atoms with van der Waals surface area (Å²) in [6.07, 6.45) is 0. The summed E-state index contributed by atoms with van der Waals surface area (Å²) < 4.78 is 11.9. The molecule has 4 heteroatoms.